The fraction of sp³-hybridized carbons (Fsp3) is 0.863. The van der Waals surface area contributed by atoms with Gasteiger partial charge in [-0.2, -0.15) is 0 Å². The number of quaternary nitrogens is 1. The van der Waals surface area contributed by atoms with Crippen molar-refractivity contribution in [1.82, 2.24) is 0 Å². The Morgan fingerprint density at radius 3 is 0.910 bits per heavy atom. The number of carboxylic acid groups (broad SMARTS) is 1. The van der Waals surface area contributed by atoms with Gasteiger partial charge in [-0.25, -0.2) is 4.79 Å². The smallest absolute Gasteiger partial charge is 0.361 e. The summed E-state index contributed by atoms with van der Waals surface area (Å²) in [6.07, 6.45) is 89.7. The fourth-order valence-electron chi connectivity index (χ4n) is 11.6. The lowest BCUT2D eigenvalue weighted by Crippen LogP contribution is -2.40. The second-order valence-corrected chi connectivity index (χ2v) is 27.7. The maximum atomic E-state index is 13.0. The number of nitrogens with zero attached hydrogens (tertiary/aromatic N) is 1. The molecule has 0 saturated heterocycles. The predicted octanol–water partition coefficient (Wildman–Crippen LogP) is 24.5. The normalized spacial score (nSPS) is 12.9. The Bertz CT molecular complexity index is 1600. The first kappa shape index (κ1) is 86.2. The van der Waals surface area contributed by atoms with Gasteiger partial charge in [0.15, 0.2) is 6.10 Å². The van der Waals surface area contributed by atoms with E-state index < -0.39 is 18.4 Å². The Balaban J connectivity index is 3.99. The van der Waals surface area contributed by atoms with Crippen molar-refractivity contribution in [3.63, 3.8) is 0 Å². The average Bonchev–Trinajstić information content (AvgIpc) is 3.70. The molecule has 89 heavy (non-hydrogen) atoms. The number of rotatable bonds is 73. The van der Waals surface area contributed by atoms with E-state index in [1.165, 1.54) is 308 Å². The maximum absolute atomic E-state index is 13.0. The van der Waals surface area contributed by atoms with E-state index in [4.69, 9.17) is 18.9 Å². The summed E-state index contributed by atoms with van der Waals surface area (Å²) in [5.74, 6) is -1.98. The summed E-state index contributed by atoms with van der Waals surface area (Å²) in [5, 5.41) is 9.76. The van der Waals surface area contributed by atoms with Crippen LogP contribution in [0.4, 0.5) is 0 Å². The molecule has 2 unspecified atom stereocenters. The zero-order chi connectivity index (χ0) is 64.7. The zero-order valence-corrected chi connectivity index (χ0v) is 59.9. The summed E-state index contributed by atoms with van der Waals surface area (Å²) in [6, 6.07) is 0. The first-order chi connectivity index (χ1) is 43.6. The number of carbonyl (C=O) groups excluding carboxylic acids is 2. The van der Waals surface area contributed by atoms with E-state index in [2.05, 4.69) is 62.5 Å². The van der Waals surface area contributed by atoms with Crippen LogP contribution in [0.2, 0.25) is 0 Å². The molecule has 1 N–H and O–H groups in total. The first-order valence-electron chi connectivity index (χ1n) is 38.8. The Morgan fingerprint density at radius 1 is 0.337 bits per heavy atom. The fourth-order valence-corrected chi connectivity index (χ4v) is 11.6. The number of likely N-dealkylation sites (N-methyl/N-ethyl adjacent to an activating group) is 1. The molecule has 0 aromatic rings. The summed E-state index contributed by atoms with van der Waals surface area (Å²) in [5.41, 5.74) is 0. The van der Waals surface area contributed by atoms with Gasteiger partial charge in [0.1, 0.15) is 13.2 Å². The number of ether oxygens (including phenoxy) is 4. The van der Waals surface area contributed by atoms with E-state index in [9.17, 15) is 19.5 Å². The highest BCUT2D eigenvalue weighted by Crippen LogP contribution is 2.19. The Hall–Kier alpha value is -2.75. The largest absolute Gasteiger partial charge is 0.477 e. The van der Waals surface area contributed by atoms with Crippen molar-refractivity contribution >= 4 is 17.9 Å². The highest BCUT2D eigenvalue weighted by Gasteiger charge is 2.25. The summed E-state index contributed by atoms with van der Waals surface area (Å²) in [7, 11) is 5.99. The standard InChI is InChI=1S/C80H149NO8/c1-6-8-10-12-14-16-18-20-22-24-26-28-30-32-34-35-36-37-38-39-40-41-42-43-45-47-49-51-53-55-57-59-61-63-65-67-69-71-78(83)89-76(75-88-80(79(84)85)86-73-72-81(3,4)5)74-87-77(82)70-68-66-64-62-60-58-56-54-52-50-48-46-44-33-31-29-27-25-23-21-19-17-15-13-11-9-7-2/h18,20,24-27,30,32,76,80H,6-17,19,21-23,28-29,31,33-75H2,1-5H3/p+1/b20-18-,26-24-,27-25-,32-30-. The van der Waals surface area contributed by atoms with Crippen LogP contribution in [-0.2, 0) is 33.3 Å². The highest BCUT2D eigenvalue weighted by atomic mass is 16.7. The molecule has 0 aliphatic rings. The summed E-state index contributed by atoms with van der Waals surface area (Å²) in [6.45, 7) is 4.93. The van der Waals surface area contributed by atoms with Crippen LogP contribution in [0.15, 0.2) is 48.6 Å². The number of allylic oxidation sites excluding steroid dienone is 8. The minimum atomic E-state index is -1.51. The van der Waals surface area contributed by atoms with Crippen molar-refractivity contribution in [2.75, 3.05) is 47.5 Å². The summed E-state index contributed by atoms with van der Waals surface area (Å²) in [4.78, 5) is 37.7. The molecule has 0 fully saturated rings. The van der Waals surface area contributed by atoms with Gasteiger partial charge in [0.2, 0.25) is 0 Å². The van der Waals surface area contributed by atoms with Crippen LogP contribution in [0, 0.1) is 0 Å². The third-order valence-corrected chi connectivity index (χ3v) is 17.6. The Labute approximate surface area is 553 Å². The number of carboxylic acids is 1. The van der Waals surface area contributed by atoms with Gasteiger partial charge in [-0.15, -0.1) is 0 Å². The molecule has 9 nitrogen and oxygen atoms in total. The lowest BCUT2D eigenvalue weighted by molar-refractivity contribution is -0.870. The monoisotopic (exact) mass is 1250 g/mol. The number of esters is 2. The van der Waals surface area contributed by atoms with Gasteiger partial charge in [-0.3, -0.25) is 9.59 Å². The number of unbranched alkanes of at least 4 members (excludes halogenated alkanes) is 50. The van der Waals surface area contributed by atoms with Gasteiger partial charge in [0.25, 0.3) is 6.29 Å². The van der Waals surface area contributed by atoms with Crippen LogP contribution in [0.25, 0.3) is 0 Å². The first-order valence-corrected chi connectivity index (χ1v) is 38.8. The summed E-state index contributed by atoms with van der Waals surface area (Å²) >= 11 is 0. The van der Waals surface area contributed by atoms with Gasteiger partial charge in [-0.1, -0.05) is 345 Å². The van der Waals surface area contributed by atoms with Crippen LogP contribution >= 0.6 is 0 Å². The Kier molecular flexibility index (Phi) is 68.9. The van der Waals surface area contributed by atoms with E-state index in [0.29, 0.717) is 17.4 Å². The third kappa shape index (κ3) is 72.5. The molecule has 0 spiro atoms. The van der Waals surface area contributed by atoms with Gasteiger partial charge >= 0.3 is 17.9 Å². The number of hydrogen-bond acceptors (Lipinski definition) is 7. The molecule has 0 heterocycles. The van der Waals surface area contributed by atoms with Gasteiger partial charge in [0, 0.05) is 12.8 Å². The van der Waals surface area contributed by atoms with Crippen molar-refractivity contribution in [2.24, 2.45) is 0 Å². The molecule has 0 amide bonds. The average molecular weight is 1250 g/mol. The van der Waals surface area contributed by atoms with Gasteiger partial charge in [-0.05, 0) is 77.0 Å². The Morgan fingerprint density at radius 2 is 0.607 bits per heavy atom. The maximum Gasteiger partial charge on any atom is 0.361 e. The number of aliphatic carboxylic acids is 1. The number of hydrogen-bond donors (Lipinski definition) is 1. The molecule has 0 rings (SSSR count). The van der Waals surface area contributed by atoms with Crippen LogP contribution in [0.5, 0.6) is 0 Å². The molecule has 522 valence electrons. The number of carbonyl (C=O) groups is 3. The van der Waals surface area contributed by atoms with E-state index in [0.717, 1.165) is 51.4 Å². The second-order valence-electron chi connectivity index (χ2n) is 27.7. The van der Waals surface area contributed by atoms with E-state index in [1.807, 2.05) is 21.1 Å². The van der Waals surface area contributed by atoms with Gasteiger partial charge in [0.05, 0.1) is 34.4 Å². The van der Waals surface area contributed by atoms with Crippen LogP contribution in [0.3, 0.4) is 0 Å². The van der Waals surface area contributed by atoms with E-state index in [-0.39, 0.29) is 38.2 Å². The second kappa shape index (κ2) is 71.1. The molecule has 0 aromatic heterocycles. The molecule has 0 radical (unpaired) electrons. The molecule has 0 aliphatic heterocycles. The van der Waals surface area contributed by atoms with Crippen LogP contribution < -0.4 is 0 Å². The van der Waals surface area contributed by atoms with Crippen molar-refractivity contribution in [1.29, 1.82) is 0 Å². The lowest BCUT2D eigenvalue weighted by Gasteiger charge is -2.25. The molecule has 2 atom stereocenters. The molecule has 9 heteroatoms. The quantitative estimate of drug-likeness (QED) is 0.0211. The van der Waals surface area contributed by atoms with E-state index in [1.54, 1.807) is 0 Å². The van der Waals surface area contributed by atoms with Gasteiger partial charge < -0.3 is 28.5 Å². The molecular weight excluding hydrogens is 1100 g/mol. The minimum Gasteiger partial charge on any atom is -0.477 e. The molecule has 0 aliphatic carbocycles. The zero-order valence-electron chi connectivity index (χ0n) is 59.9. The topological polar surface area (TPSA) is 108 Å². The predicted molar refractivity (Wildman–Crippen MR) is 383 cm³/mol. The van der Waals surface area contributed by atoms with E-state index >= 15 is 0 Å². The molecular formula is C80H150NO8+. The third-order valence-electron chi connectivity index (χ3n) is 17.6. The van der Waals surface area contributed by atoms with Crippen molar-refractivity contribution < 1.29 is 42.9 Å². The highest BCUT2D eigenvalue weighted by molar-refractivity contribution is 5.71. The molecule has 0 saturated carbocycles. The minimum absolute atomic E-state index is 0.177. The molecule has 0 bridgehead atoms. The van der Waals surface area contributed by atoms with Crippen molar-refractivity contribution in [3.05, 3.63) is 48.6 Å². The summed E-state index contributed by atoms with van der Waals surface area (Å²) < 4.78 is 23.0. The molecule has 0 aromatic carbocycles. The van der Waals surface area contributed by atoms with Crippen molar-refractivity contribution in [2.45, 2.75) is 399 Å². The van der Waals surface area contributed by atoms with Crippen LogP contribution in [-0.4, -0.2) is 87.4 Å². The SMILES string of the molecule is CCCCCCC/C=C\C/C=C\C/C=C\CCCCCCCCCCCCCCCCCCCCCCCCC(=O)OC(COC(=O)CCCCCCCCCCCCCCCCC/C=C\CCCCCCCCCC)COC(OCC[N+](C)(C)C)C(=O)O. The van der Waals surface area contributed by atoms with Crippen LogP contribution in [0.1, 0.15) is 386 Å². The van der Waals surface area contributed by atoms with Crippen molar-refractivity contribution in [3.8, 4) is 0 Å². The lowest BCUT2D eigenvalue weighted by atomic mass is 10.0.